The van der Waals surface area contributed by atoms with E-state index in [2.05, 4.69) is 33.0 Å². The van der Waals surface area contributed by atoms with E-state index in [1.807, 2.05) is 12.1 Å². The number of hydrogen-bond donors (Lipinski definition) is 1. The van der Waals surface area contributed by atoms with E-state index < -0.39 is 0 Å². The molecule has 0 heterocycles. The molecule has 1 aliphatic carbocycles. The highest BCUT2D eigenvalue weighted by Gasteiger charge is 2.64. The second-order valence-electron chi connectivity index (χ2n) is 6.18. The maximum absolute atomic E-state index is 10.5. The zero-order chi connectivity index (χ0) is 13.6. The maximum Gasteiger partial charge on any atom is 0.269 e. The molecule has 98 valence electrons. The lowest BCUT2D eigenvalue weighted by Gasteiger charge is -2.06. The Labute approximate surface area is 108 Å². The van der Waals surface area contributed by atoms with Crippen LogP contribution in [0.3, 0.4) is 0 Å². The van der Waals surface area contributed by atoms with E-state index in [0.717, 1.165) is 12.1 Å². The molecule has 0 unspecified atom stereocenters. The normalized spacial score (nSPS) is 20.7. The first-order valence-electron chi connectivity index (χ1n) is 6.23. The van der Waals surface area contributed by atoms with Crippen molar-refractivity contribution in [3.05, 3.63) is 39.9 Å². The van der Waals surface area contributed by atoms with Crippen LogP contribution in [0.15, 0.2) is 24.3 Å². The Bertz CT molecular complexity index is 449. The second kappa shape index (κ2) is 4.05. The van der Waals surface area contributed by atoms with E-state index in [9.17, 15) is 10.1 Å². The fourth-order valence-electron chi connectivity index (χ4n) is 2.66. The number of benzene rings is 1. The molecule has 2 rings (SSSR count). The van der Waals surface area contributed by atoms with Crippen molar-refractivity contribution < 1.29 is 4.92 Å². The largest absolute Gasteiger partial charge is 0.309 e. The fraction of sp³-hybridized carbons (Fsp3) is 0.571. The monoisotopic (exact) mass is 248 g/mol. The van der Waals surface area contributed by atoms with Gasteiger partial charge in [0, 0.05) is 24.7 Å². The Morgan fingerprint density at radius 1 is 1.17 bits per heavy atom. The van der Waals surface area contributed by atoms with E-state index in [1.54, 1.807) is 12.1 Å². The molecule has 1 N–H and O–H groups in total. The van der Waals surface area contributed by atoms with Crippen LogP contribution in [-0.4, -0.2) is 11.0 Å². The molecule has 0 spiro atoms. The highest BCUT2D eigenvalue weighted by molar-refractivity contribution is 5.33. The Morgan fingerprint density at radius 2 is 1.67 bits per heavy atom. The average molecular weight is 248 g/mol. The third kappa shape index (κ3) is 2.01. The third-order valence-electron chi connectivity index (χ3n) is 4.68. The SMILES string of the molecule is CC1(C)C(NCc2ccc([N+](=O)[O-])cc2)C1(C)C. The molecule has 0 saturated heterocycles. The van der Waals surface area contributed by atoms with Crippen LogP contribution in [0.5, 0.6) is 0 Å². The van der Waals surface area contributed by atoms with Crippen LogP contribution in [0.4, 0.5) is 5.69 Å². The Kier molecular flexibility index (Phi) is 2.93. The van der Waals surface area contributed by atoms with Gasteiger partial charge >= 0.3 is 0 Å². The summed E-state index contributed by atoms with van der Waals surface area (Å²) in [6, 6.07) is 7.24. The van der Waals surface area contributed by atoms with Gasteiger partial charge in [0.05, 0.1) is 4.92 Å². The van der Waals surface area contributed by atoms with Gasteiger partial charge in [-0.15, -0.1) is 0 Å². The van der Waals surface area contributed by atoms with Crippen molar-refractivity contribution in [2.75, 3.05) is 0 Å². The first-order chi connectivity index (χ1) is 8.26. The molecule has 18 heavy (non-hydrogen) atoms. The van der Waals surface area contributed by atoms with Crippen molar-refractivity contribution >= 4 is 5.69 Å². The molecule has 1 aromatic rings. The number of rotatable bonds is 4. The van der Waals surface area contributed by atoms with Gasteiger partial charge in [-0.3, -0.25) is 10.1 Å². The smallest absolute Gasteiger partial charge is 0.269 e. The predicted octanol–water partition coefficient (Wildman–Crippen LogP) is 3.12. The van der Waals surface area contributed by atoms with E-state index >= 15 is 0 Å². The standard InChI is InChI=1S/C14H20N2O2/c1-13(2)12(14(13,3)4)15-9-10-5-7-11(8-6-10)16(17)18/h5-8,12,15H,9H2,1-4H3. The summed E-state index contributed by atoms with van der Waals surface area (Å²) < 4.78 is 0. The van der Waals surface area contributed by atoms with Crippen molar-refractivity contribution in [3.63, 3.8) is 0 Å². The van der Waals surface area contributed by atoms with Crippen LogP contribution in [-0.2, 0) is 6.54 Å². The minimum Gasteiger partial charge on any atom is -0.309 e. The highest BCUT2D eigenvalue weighted by atomic mass is 16.6. The lowest BCUT2D eigenvalue weighted by atomic mass is 10.0. The van der Waals surface area contributed by atoms with E-state index in [4.69, 9.17) is 0 Å². The van der Waals surface area contributed by atoms with Gasteiger partial charge in [0.15, 0.2) is 0 Å². The summed E-state index contributed by atoms with van der Waals surface area (Å²) in [5, 5.41) is 14.1. The fourth-order valence-corrected chi connectivity index (χ4v) is 2.66. The molecule has 4 nitrogen and oxygen atoms in total. The molecule has 0 bridgehead atoms. The molecule has 0 atom stereocenters. The quantitative estimate of drug-likeness (QED) is 0.658. The molecule has 4 heteroatoms. The summed E-state index contributed by atoms with van der Waals surface area (Å²) in [6.07, 6.45) is 0. The van der Waals surface area contributed by atoms with Crippen molar-refractivity contribution in [2.24, 2.45) is 10.8 Å². The van der Waals surface area contributed by atoms with Crippen LogP contribution in [0, 0.1) is 20.9 Å². The van der Waals surface area contributed by atoms with Crippen molar-refractivity contribution in [1.82, 2.24) is 5.32 Å². The van der Waals surface area contributed by atoms with Crippen LogP contribution >= 0.6 is 0 Å². The van der Waals surface area contributed by atoms with E-state index in [-0.39, 0.29) is 10.6 Å². The number of hydrogen-bond acceptors (Lipinski definition) is 3. The Balaban J connectivity index is 1.94. The lowest BCUT2D eigenvalue weighted by Crippen LogP contribution is -2.21. The highest BCUT2D eigenvalue weighted by Crippen LogP contribution is 2.62. The Hall–Kier alpha value is -1.42. The first kappa shape index (κ1) is 13.0. The van der Waals surface area contributed by atoms with E-state index in [1.165, 1.54) is 0 Å². The van der Waals surface area contributed by atoms with Gasteiger partial charge in [-0.25, -0.2) is 0 Å². The number of nitrogens with zero attached hydrogens (tertiary/aromatic N) is 1. The lowest BCUT2D eigenvalue weighted by molar-refractivity contribution is -0.384. The summed E-state index contributed by atoms with van der Waals surface area (Å²) in [4.78, 5) is 10.2. The third-order valence-corrected chi connectivity index (χ3v) is 4.68. The molecule has 1 fully saturated rings. The van der Waals surface area contributed by atoms with Crippen LogP contribution in [0.1, 0.15) is 33.3 Å². The minimum absolute atomic E-state index is 0.144. The molecular formula is C14H20N2O2. The first-order valence-corrected chi connectivity index (χ1v) is 6.23. The summed E-state index contributed by atoms with van der Waals surface area (Å²) in [7, 11) is 0. The summed E-state index contributed by atoms with van der Waals surface area (Å²) in [6.45, 7) is 9.82. The van der Waals surface area contributed by atoms with Crippen molar-refractivity contribution in [2.45, 2.75) is 40.3 Å². The zero-order valence-electron chi connectivity index (χ0n) is 11.4. The number of non-ortho nitro benzene ring substituents is 1. The van der Waals surface area contributed by atoms with Gasteiger partial charge in [-0.1, -0.05) is 39.8 Å². The van der Waals surface area contributed by atoms with Gasteiger partial charge in [0.25, 0.3) is 5.69 Å². The summed E-state index contributed by atoms with van der Waals surface area (Å²) in [5.74, 6) is 0. The van der Waals surface area contributed by atoms with Gasteiger partial charge in [0.1, 0.15) is 0 Å². The van der Waals surface area contributed by atoms with Crippen molar-refractivity contribution in [3.8, 4) is 0 Å². The molecule has 0 amide bonds. The van der Waals surface area contributed by atoms with Gasteiger partial charge in [-0.2, -0.15) is 0 Å². The van der Waals surface area contributed by atoms with Crippen LogP contribution in [0.2, 0.25) is 0 Å². The van der Waals surface area contributed by atoms with E-state index in [0.29, 0.717) is 16.9 Å². The molecule has 1 aromatic carbocycles. The zero-order valence-corrected chi connectivity index (χ0v) is 11.4. The predicted molar refractivity (Wildman–Crippen MR) is 71.3 cm³/mol. The molecule has 1 aliphatic rings. The van der Waals surface area contributed by atoms with Gasteiger partial charge in [0.2, 0.25) is 0 Å². The maximum atomic E-state index is 10.5. The van der Waals surface area contributed by atoms with Crippen LogP contribution in [0.25, 0.3) is 0 Å². The average Bonchev–Trinajstić information content (AvgIpc) is 2.67. The molecule has 0 aromatic heterocycles. The van der Waals surface area contributed by atoms with Crippen molar-refractivity contribution in [1.29, 1.82) is 0 Å². The molecule has 0 radical (unpaired) electrons. The molecule has 1 saturated carbocycles. The van der Waals surface area contributed by atoms with Crippen LogP contribution < -0.4 is 5.32 Å². The number of nitrogens with one attached hydrogen (secondary N) is 1. The minimum atomic E-state index is -0.371. The van der Waals surface area contributed by atoms with Gasteiger partial charge < -0.3 is 5.32 Å². The summed E-state index contributed by atoms with van der Waals surface area (Å²) >= 11 is 0. The Morgan fingerprint density at radius 3 is 2.06 bits per heavy atom. The topological polar surface area (TPSA) is 55.2 Å². The summed E-state index contributed by atoms with van der Waals surface area (Å²) in [5.41, 5.74) is 1.85. The number of nitro groups is 1. The molecule has 0 aliphatic heterocycles. The van der Waals surface area contributed by atoms with Gasteiger partial charge in [-0.05, 0) is 16.4 Å². The molecular weight excluding hydrogens is 228 g/mol. The number of nitro benzene ring substituents is 1. The second-order valence-corrected chi connectivity index (χ2v) is 6.18.